The topological polar surface area (TPSA) is 127 Å². The number of carbonyl (C=O) groups excluding carboxylic acids is 1. The second-order valence-corrected chi connectivity index (χ2v) is 10.6. The molecule has 2 N–H and O–H groups in total. The molecule has 0 bridgehead atoms. The summed E-state index contributed by atoms with van der Waals surface area (Å²) in [5, 5.41) is 6.52. The molecule has 0 aliphatic heterocycles. The van der Waals surface area contributed by atoms with E-state index in [1.54, 1.807) is 0 Å². The van der Waals surface area contributed by atoms with Crippen LogP contribution in [0.1, 0.15) is 122 Å². The molecule has 0 aromatic rings. The molecule has 0 aliphatic rings. The van der Waals surface area contributed by atoms with Gasteiger partial charge in [0, 0.05) is 6.61 Å². The zero-order valence-corrected chi connectivity index (χ0v) is 22.0. The molecule has 36 heavy (non-hydrogen) atoms. The second-order valence-electron chi connectivity index (χ2n) is 9.04. The van der Waals surface area contributed by atoms with Crippen molar-refractivity contribution in [2.45, 2.75) is 128 Å². The van der Waals surface area contributed by atoms with Gasteiger partial charge < -0.3 is 14.6 Å². The number of ether oxygens (including phenoxy) is 2. The zero-order chi connectivity index (χ0) is 25.5. The SMILES string of the molecule is CCCCCCCCCCCCCCCCCCCOCCOC(=O)C(CC(=O)O)S(=O)(=O)O.[NaH].[NaH]. The molecule has 0 saturated carbocycles. The summed E-state index contributed by atoms with van der Waals surface area (Å²) in [4.78, 5) is 22.3. The first-order valence-corrected chi connectivity index (χ1v) is 14.7. The van der Waals surface area contributed by atoms with E-state index >= 15 is 0 Å². The van der Waals surface area contributed by atoms with Crippen molar-refractivity contribution in [2.24, 2.45) is 0 Å². The molecule has 0 aromatic heterocycles. The van der Waals surface area contributed by atoms with Gasteiger partial charge in [-0.15, -0.1) is 0 Å². The van der Waals surface area contributed by atoms with Crippen LogP contribution in [-0.4, -0.2) is 114 Å². The van der Waals surface area contributed by atoms with Gasteiger partial charge in [0.1, 0.15) is 6.61 Å². The number of hydrogen-bond acceptors (Lipinski definition) is 6. The van der Waals surface area contributed by atoms with Crippen molar-refractivity contribution < 1.29 is 37.1 Å². The monoisotopic (exact) mass is 556 g/mol. The Morgan fingerprint density at radius 2 is 1.06 bits per heavy atom. The normalized spacial score (nSPS) is 11.8. The van der Waals surface area contributed by atoms with Gasteiger partial charge in [0.2, 0.25) is 0 Å². The number of esters is 1. The number of unbranched alkanes of at least 4 members (excludes halogenated alkanes) is 16. The number of rotatable bonds is 25. The molecule has 0 aliphatic carbocycles. The van der Waals surface area contributed by atoms with E-state index in [0.29, 0.717) is 6.61 Å². The van der Waals surface area contributed by atoms with Gasteiger partial charge >= 0.3 is 71.1 Å². The summed E-state index contributed by atoms with van der Waals surface area (Å²) in [5.41, 5.74) is 0. The molecule has 0 fully saturated rings. The molecule has 0 spiro atoms. The number of carboxylic acids is 1. The summed E-state index contributed by atoms with van der Waals surface area (Å²) in [5.74, 6) is -2.80. The second kappa shape index (κ2) is 28.8. The van der Waals surface area contributed by atoms with Crippen molar-refractivity contribution in [1.29, 1.82) is 0 Å². The maximum atomic E-state index is 11.6. The van der Waals surface area contributed by atoms with Crippen molar-refractivity contribution in [3.63, 3.8) is 0 Å². The van der Waals surface area contributed by atoms with Crippen LogP contribution in [0.15, 0.2) is 0 Å². The number of hydrogen-bond donors (Lipinski definition) is 2. The van der Waals surface area contributed by atoms with Crippen molar-refractivity contribution in [3.05, 3.63) is 0 Å². The summed E-state index contributed by atoms with van der Waals surface area (Å²) in [7, 11) is -4.83. The van der Waals surface area contributed by atoms with Crippen molar-refractivity contribution in [2.75, 3.05) is 19.8 Å². The van der Waals surface area contributed by atoms with E-state index in [2.05, 4.69) is 6.92 Å². The van der Waals surface area contributed by atoms with Gasteiger partial charge in [-0.3, -0.25) is 14.1 Å². The molecule has 0 saturated heterocycles. The van der Waals surface area contributed by atoms with Crippen LogP contribution in [0.2, 0.25) is 0 Å². The third kappa shape index (κ3) is 27.8. The molecule has 1 unspecified atom stereocenters. The third-order valence-electron chi connectivity index (χ3n) is 5.85. The Labute approximate surface area is 263 Å². The average molecular weight is 557 g/mol. The van der Waals surface area contributed by atoms with E-state index < -0.39 is 33.7 Å². The quantitative estimate of drug-likeness (QED) is 0.0721. The molecule has 1 atom stereocenters. The summed E-state index contributed by atoms with van der Waals surface area (Å²) < 4.78 is 41.2. The molecule has 0 radical (unpaired) electrons. The van der Waals surface area contributed by atoms with Crippen LogP contribution < -0.4 is 0 Å². The fourth-order valence-electron chi connectivity index (χ4n) is 3.79. The average Bonchev–Trinajstić information content (AvgIpc) is 2.77. The van der Waals surface area contributed by atoms with Crippen LogP contribution in [0.4, 0.5) is 0 Å². The van der Waals surface area contributed by atoms with Crippen molar-refractivity contribution in [3.8, 4) is 0 Å². The Bertz CT molecular complexity index is 617. The van der Waals surface area contributed by atoms with Gasteiger partial charge in [0.25, 0.3) is 10.1 Å². The van der Waals surface area contributed by atoms with Gasteiger partial charge in [-0.25, -0.2) is 0 Å². The van der Waals surface area contributed by atoms with Crippen LogP contribution in [0.3, 0.4) is 0 Å². The fourth-order valence-corrected chi connectivity index (χ4v) is 4.46. The van der Waals surface area contributed by atoms with Crippen LogP contribution in [0, 0.1) is 0 Å². The minimum absolute atomic E-state index is 0. The minimum atomic E-state index is -4.83. The molecule has 0 heterocycles. The predicted molar refractivity (Wildman–Crippen MR) is 148 cm³/mol. The molecular formula is C25H50Na2O8S. The molecule has 0 aromatic carbocycles. The first-order valence-electron chi connectivity index (χ1n) is 13.2. The Hall–Kier alpha value is 0.810. The number of carbonyl (C=O) groups is 2. The van der Waals surface area contributed by atoms with Crippen molar-refractivity contribution >= 4 is 81.2 Å². The van der Waals surface area contributed by atoms with Crippen molar-refractivity contribution in [1.82, 2.24) is 0 Å². The summed E-state index contributed by atoms with van der Waals surface area (Å²) in [6, 6.07) is 0. The van der Waals surface area contributed by atoms with E-state index in [1.807, 2.05) is 0 Å². The number of carboxylic acid groups (broad SMARTS) is 1. The first kappa shape index (κ1) is 41.3. The molecule has 0 rings (SSSR count). The molecule has 0 amide bonds. The van der Waals surface area contributed by atoms with Crippen LogP contribution in [-0.2, 0) is 29.2 Å². The van der Waals surface area contributed by atoms with Crippen LogP contribution in [0.5, 0.6) is 0 Å². The maximum absolute atomic E-state index is 11.6. The van der Waals surface area contributed by atoms with Gasteiger partial charge in [-0.2, -0.15) is 8.42 Å². The van der Waals surface area contributed by atoms with Gasteiger partial charge in [-0.1, -0.05) is 110 Å². The summed E-state index contributed by atoms with van der Waals surface area (Å²) in [6.07, 6.45) is 21.1. The Morgan fingerprint density at radius 3 is 1.42 bits per heavy atom. The van der Waals surface area contributed by atoms with E-state index in [9.17, 15) is 18.0 Å². The van der Waals surface area contributed by atoms with Crippen LogP contribution >= 0.6 is 0 Å². The molecule has 206 valence electrons. The summed E-state index contributed by atoms with van der Waals surface area (Å²) in [6.45, 7) is 2.68. The van der Waals surface area contributed by atoms with Crippen LogP contribution in [0.25, 0.3) is 0 Å². The van der Waals surface area contributed by atoms with Gasteiger partial charge in [0.05, 0.1) is 13.0 Å². The molecule has 11 heteroatoms. The zero-order valence-electron chi connectivity index (χ0n) is 21.2. The third-order valence-corrected chi connectivity index (χ3v) is 6.92. The standard InChI is InChI=1S/C25H48O8S.2Na.2H/c1-2-3-4-5-6-7-8-9-10-11-12-13-14-15-16-17-18-19-32-20-21-33-25(28)23(22-24(26)27)34(29,30)31;;;;/h23H,2-22H2,1H3,(H,26,27)(H,29,30,31);;;;. The fraction of sp³-hybridized carbons (Fsp3) is 0.920. The van der Waals surface area contributed by atoms with E-state index in [1.165, 1.54) is 96.3 Å². The first-order chi connectivity index (χ1) is 16.3. The molecular weight excluding hydrogens is 506 g/mol. The van der Waals surface area contributed by atoms with Gasteiger partial charge in [0.15, 0.2) is 5.25 Å². The van der Waals surface area contributed by atoms with E-state index in [4.69, 9.17) is 19.1 Å². The predicted octanol–water partition coefficient (Wildman–Crippen LogP) is 4.63. The Morgan fingerprint density at radius 1 is 0.667 bits per heavy atom. The Balaban J connectivity index is -0.00000544. The summed E-state index contributed by atoms with van der Waals surface area (Å²) >= 11 is 0. The van der Waals surface area contributed by atoms with E-state index in [-0.39, 0.29) is 72.3 Å². The number of aliphatic carboxylic acids is 1. The Kier molecular flexibility index (Phi) is 33.0. The molecule has 8 nitrogen and oxygen atoms in total. The van der Waals surface area contributed by atoms with E-state index in [0.717, 1.165) is 12.8 Å². The van der Waals surface area contributed by atoms with Gasteiger partial charge in [-0.05, 0) is 6.42 Å².